The van der Waals surface area contributed by atoms with Crippen LogP contribution in [0.3, 0.4) is 0 Å². The highest BCUT2D eigenvalue weighted by Crippen LogP contribution is 2.29. The van der Waals surface area contributed by atoms with Gasteiger partial charge in [0.25, 0.3) is 0 Å². The van der Waals surface area contributed by atoms with Crippen LogP contribution in [0.4, 0.5) is 0 Å². The van der Waals surface area contributed by atoms with Crippen molar-refractivity contribution in [1.82, 2.24) is 5.32 Å². The fourth-order valence-corrected chi connectivity index (χ4v) is 3.02. The second kappa shape index (κ2) is 7.44. The van der Waals surface area contributed by atoms with Gasteiger partial charge >= 0.3 is 0 Å². The molecule has 1 nitrogen and oxygen atoms in total. The molecule has 2 aromatic carbocycles. The summed E-state index contributed by atoms with van der Waals surface area (Å²) in [6, 6.07) is 16.0. The van der Waals surface area contributed by atoms with E-state index in [2.05, 4.69) is 68.6 Å². The van der Waals surface area contributed by atoms with Crippen molar-refractivity contribution >= 4 is 10.8 Å². The van der Waals surface area contributed by atoms with Gasteiger partial charge in [0.1, 0.15) is 0 Å². The molecule has 0 fully saturated rings. The zero-order valence-electron chi connectivity index (χ0n) is 13.0. The van der Waals surface area contributed by atoms with Gasteiger partial charge in [0.15, 0.2) is 0 Å². The average Bonchev–Trinajstić information content (AvgIpc) is 2.51. The molecule has 0 heterocycles. The highest BCUT2D eigenvalue weighted by atomic mass is 14.9. The number of nitrogens with one attached hydrogen (secondary N) is 1. The summed E-state index contributed by atoms with van der Waals surface area (Å²) >= 11 is 0. The van der Waals surface area contributed by atoms with Gasteiger partial charge < -0.3 is 5.32 Å². The lowest BCUT2D eigenvalue weighted by molar-refractivity contribution is 0.342. The first kappa shape index (κ1) is 15.1. The van der Waals surface area contributed by atoms with Gasteiger partial charge in [-0.05, 0) is 41.3 Å². The molecule has 2 rings (SSSR count). The Morgan fingerprint density at radius 3 is 2.25 bits per heavy atom. The van der Waals surface area contributed by atoms with Crippen molar-refractivity contribution in [3.63, 3.8) is 0 Å². The first-order chi connectivity index (χ1) is 9.80. The third kappa shape index (κ3) is 3.40. The largest absolute Gasteiger partial charge is 0.310 e. The van der Waals surface area contributed by atoms with Crippen molar-refractivity contribution in [3.8, 4) is 0 Å². The molecule has 0 aliphatic rings. The minimum atomic E-state index is 0.481. The van der Waals surface area contributed by atoms with Crippen molar-refractivity contribution in [1.29, 1.82) is 0 Å². The van der Waals surface area contributed by atoms with Gasteiger partial charge in [-0.25, -0.2) is 0 Å². The lowest BCUT2D eigenvalue weighted by atomic mass is 9.88. The maximum Gasteiger partial charge on any atom is 0.0348 e. The maximum atomic E-state index is 3.75. The van der Waals surface area contributed by atoms with Crippen LogP contribution in [0.15, 0.2) is 42.5 Å². The number of hydrogen-bond acceptors (Lipinski definition) is 1. The summed E-state index contributed by atoms with van der Waals surface area (Å²) < 4.78 is 0. The van der Waals surface area contributed by atoms with Crippen molar-refractivity contribution in [3.05, 3.63) is 48.0 Å². The summed E-state index contributed by atoms with van der Waals surface area (Å²) in [5.41, 5.74) is 1.44. The molecule has 0 saturated heterocycles. The molecule has 0 amide bonds. The Balaban J connectivity index is 2.33. The zero-order chi connectivity index (χ0) is 14.4. The second-order valence-electron chi connectivity index (χ2n) is 5.61. The summed E-state index contributed by atoms with van der Waals surface area (Å²) in [5, 5.41) is 6.43. The van der Waals surface area contributed by atoms with E-state index >= 15 is 0 Å². The Bertz CT molecular complexity index is 528. The Morgan fingerprint density at radius 2 is 1.60 bits per heavy atom. The second-order valence-corrected chi connectivity index (χ2v) is 5.61. The molecule has 1 heteroatoms. The predicted molar refractivity (Wildman–Crippen MR) is 89.1 cm³/mol. The molecule has 1 unspecified atom stereocenters. The summed E-state index contributed by atoms with van der Waals surface area (Å²) in [6.07, 6.45) is 3.64. The van der Waals surface area contributed by atoms with Crippen molar-refractivity contribution in [2.24, 2.45) is 5.92 Å². The fourth-order valence-electron chi connectivity index (χ4n) is 3.02. The van der Waals surface area contributed by atoms with Crippen LogP contribution in [0.25, 0.3) is 10.8 Å². The molecule has 108 valence electrons. The third-order valence-electron chi connectivity index (χ3n) is 4.27. The highest BCUT2D eigenvalue weighted by molar-refractivity contribution is 5.83. The van der Waals surface area contributed by atoms with Gasteiger partial charge in [0, 0.05) is 6.04 Å². The SMILES string of the molecule is CCCNC(c1ccc2ccccc2c1)C(CC)CC. The predicted octanol–water partition coefficient (Wildman–Crippen LogP) is 5.32. The molecular formula is C19H27N. The summed E-state index contributed by atoms with van der Waals surface area (Å²) in [4.78, 5) is 0. The average molecular weight is 269 g/mol. The Morgan fingerprint density at radius 1 is 0.900 bits per heavy atom. The topological polar surface area (TPSA) is 12.0 Å². The Labute approximate surface area is 123 Å². The molecule has 20 heavy (non-hydrogen) atoms. The number of hydrogen-bond donors (Lipinski definition) is 1. The van der Waals surface area contributed by atoms with Gasteiger partial charge in [0.05, 0.1) is 0 Å². The molecule has 0 aliphatic carbocycles. The van der Waals surface area contributed by atoms with E-state index in [0.29, 0.717) is 12.0 Å². The van der Waals surface area contributed by atoms with E-state index < -0.39 is 0 Å². The van der Waals surface area contributed by atoms with E-state index in [1.807, 2.05) is 0 Å². The molecule has 2 aromatic rings. The van der Waals surface area contributed by atoms with Crippen LogP contribution in [0, 0.1) is 5.92 Å². The first-order valence-electron chi connectivity index (χ1n) is 8.02. The molecule has 1 atom stereocenters. The molecule has 1 N–H and O–H groups in total. The minimum absolute atomic E-state index is 0.481. The molecule has 0 spiro atoms. The van der Waals surface area contributed by atoms with Gasteiger partial charge in [0.2, 0.25) is 0 Å². The van der Waals surface area contributed by atoms with E-state index in [1.54, 1.807) is 0 Å². The molecular weight excluding hydrogens is 242 g/mol. The highest BCUT2D eigenvalue weighted by Gasteiger charge is 2.19. The summed E-state index contributed by atoms with van der Waals surface area (Å²) in [7, 11) is 0. The van der Waals surface area contributed by atoms with Crippen molar-refractivity contribution in [2.45, 2.75) is 46.1 Å². The molecule has 0 aromatic heterocycles. The molecule has 0 saturated carbocycles. The van der Waals surface area contributed by atoms with E-state index in [4.69, 9.17) is 0 Å². The van der Waals surface area contributed by atoms with E-state index in [0.717, 1.165) is 6.54 Å². The first-order valence-corrected chi connectivity index (χ1v) is 8.02. The van der Waals surface area contributed by atoms with Crippen LogP contribution >= 0.6 is 0 Å². The van der Waals surface area contributed by atoms with Crippen LogP contribution in [0.1, 0.15) is 51.6 Å². The summed E-state index contributed by atoms with van der Waals surface area (Å²) in [6.45, 7) is 7.93. The van der Waals surface area contributed by atoms with E-state index in [1.165, 1.54) is 35.6 Å². The van der Waals surface area contributed by atoms with Crippen molar-refractivity contribution < 1.29 is 0 Å². The number of fused-ring (bicyclic) bond motifs is 1. The Hall–Kier alpha value is -1.34. The summed E-state index contributed by atoms with van der Waals surface area (Å²) in [5.74, 6) is 0.711. The van der Waals surface area contributed by atoms with Gasteiger partial charge in [-0.3, -0.25) is 0 Å². The van der Waals surface area contributed by atoms with Crippen LogP contribution in [-0.2, 0) is 0 Å². The molecule has 0 radical (unpaired) electrons. The van der Waals surface area contributed by atoms with Crippen molar-refractivity contribution in [2.75, 3.05) is 6.54 Å². The fraction of sp³-hybridized carbons (Fsp3) is 0.474. The minimum Gasteiger partial charge on any atom is -0.310 e. The van der Waals surface area contributed by atoms with Crippen LogP contribution in [0.2, 0.25) is 0 Å². The van der Waals surface area contributed by atoms with Gasteiger partial charge in [-0.1, -0.05) is 70.0 Å². The number of rotatable bonds is 7. The smallest absolute Gasteiger partial charge is 0.0348 e. The standard InChI is InChI=1S/C19H27N/c1-4-13-20-19(15(5-2)6-3)18-12-11-16-9-7-8-10-17(16)14-18/h7-12,14-15,19-20H,4-6,13H2,1-3H3. The van der Waals surface area contributed by atoms with Crippen LogP contribution < -0.4 is 5.32 Å². The normalized spacial score (nSPS) is 13.0. The lowest BCUT2D eigenvalue weighted by Crippen LogP contribution is -2.28. The van der Waals surface area contributed by atoms with E-state index in [9.17, 15) is 0 Å². The maximum absolute atomic E-state index is 3.75. The van der Waals surface area contributed by atoms with Gasteiger partial charge in [-0.15, -0.1) is 0 Å². The van der Waals surface area contributed by atoms with Crippen LogP contribution in [-0.4, -0.2) is 6.54 Å². The monoisotopic (exact) mass is 269 g/mol. The quantitative estimate of drug-likeness (QED) is 0.717. The number of benzene rings is 2. The lowest BCUT2D eigenvalue weighted by Gasteiger charge is -2.27. The van der Waals surface area contributed by atoms with Gasteiger partial charge in [-0.2, -0.15) is 0 Å². The zero-order valence-corrected chi connectivity index (χ0v) is 13.0. The van der Waals surface area contributed by atoms with Crippen LogP contribution in [0.5, 0.6) is 0 Å². The third-order valence-corrected chi connectivity index (χ3v) is 4.27. The molecule has 0 aliphatic heterocycles. The molecule has 0 bridgehead atoms. The Kier molecular flexibility index (Phi) is 5.60. The van der Waals surface area contributed by atoms with E-state index in [-0.39, 0.29) is 0 Å².